The van der Waals surface area contributed by atoms with E-state index >= 15 is 0 Å². The first-order valence-electron chi connectivity index (χ1n) is 9.16. The second-order valence-corrected chi connectivity index (χ2v) is 6.99. The highest BCUT2D eigenvalue weighted by Crippen LogP contribution is 2.13. The monoisotopic (exact) mass is 346 g/mol. The molecule has 1 aliphatic heterocycles. The summed E-state index contributed by atoms with van der Waals surface area (Å²) >= 11 is 0. The molecule has 0 radical (unpaired) electrons. The highest BCUT2D eigenvalue weighted by Gasteiger charge is 2.22. The van der Waals surface area contributed by atoms with E-state index in [9.17, 15) is 9.59 Å². The lowest BCUT2D eigenvalue weighted by atomic mass is 10.1. The van der Waals surface area contributed by atoms with Crippen LogP contribution in [0.4, 0.5) is 5.82 Å². The average Bonchev–Trinajstić information content (AvgIpc) is 2.62. The summed E-state index contributed by atoms with van der Waals surface area (Å²) in [5, 5.41) is 0. The van der Waals surface area contributed by atoms with Crippen molar-refractivity contribution in [2.45, 2.75) is 33.6 Å². The first-order chi connectivity index (χ1) is 12.0. The minimum Gasteiger partial charge on any atom is -0.353 e. The standard InChI is InChI=1S/C19H30N4O2/c1-16(2)7-10-21(17(3)24)11-8-19(25)23-14-12-22(13-15-23)18-6-4-5-9-20-18/h4-6,9,16H,7-8,10-15H2,1-3H3. The minimum absolute atomic E-state index is 0.0495. The Hall–Kier alpha value is -2.11. The molecule has 6 nitrogen and oxygen atoms in total. The van der Waals surface area contributed by atoms with Gasteiger partial charge in [-0.25, -0.2) is 4.98 Å². The van der Waals surface area contributed by atoms with E-state index in [1.807, 2.05) is 23.1 Å². The number of anilines is 1. The van der Waals surface area contributed by atoms with Gasteiger partial charge in [0.25, 0.3) is 0 Å². The smallest absolute Gasteiger partial charge is 0.224 e. The fourth-order valence-electron chi connectivity index (χ4n) is 2.96. The third-order valence-corrected chi connectivity index (χ3v) is 4.62. The first kappa shape index (κ1) is 19.2. The summed E-state index contributed by atoms with van der Waals surface area (Å²) in [5.41, 5.74) is 0. The number of piperazine rings is 1. The summed E-state index contributed by atoms with van der Waals surface area (Å²) in [4.78, 5) is 34.5. The number of rotatable bonds is 7. The zero-order valence-corrected chi connectivity index (χ0v) is 15.6. The molecule has 2 rings (SSSR count). The number of carbonyl (C=O) groups excluding carboxylic acids is 2. The van der Waals surface area contributed by atoms with Crippen molar-refractivity contribution in [2.24, 2.45) is 5.92 Å². The number of hydrogen-bond donors (Lipinski definition) is 0. The van der Waals surface area contributed by atoms with Crippen molar-refractivity contribution in [2.75, 3.05) is 44.2 Å². The lowest BCUT2D eigenvalue weighted by molar-refractivity contribution is -0.133. The van der Waals surface area contributed by atoms with Crippen LogP contribution >= 0.6 is 0 Å². The van der Waals surface area contributed by atoms with Gasteiger partial charge in [-0.1, -0.05) is 19.9 Å². The van der Waals surface area contributed by atoms with E-state index in [0.717, 1.165) is 31.9 Å². The van der Waals surface area contributed by atoms with Gasteiger partial charge in [0.2, 0.25) is 11.8 Å². The van der Waals surface area contributed by atoms with Crippen LogP contribution in [0.25, 0.3) is 0 Å². The highest BCUT2D eigenvalue weighted by atomic mass is 16.2. The van der Waals surface area contributed by atoms with Gasteiger partial charge in [-0.15, -0.1) is 0 Å². The second kappa shape index (κ2) is 9.39. The Labute approximate surface area is 150 Å². The zero-order chi connectivity index (χ0) is 18.2. The molecule has 138 valence electrons. The molecule has 1 aliphatic rings. The van der Waals surface area contributed by atoms with Crippen molar-refractivity contribution in [1.29, 1.82) is 0 Å². The van der Waals surface area contributed by atoms with Gasteiger partial charge in [0.05, 0.1) is 0 Å². The molecule has 0 aromatic carbocycles. The maximum Gasteiger partial charge on any atom is 0.224 e. The molecule has 0 spiro atoms. The molecule has 1 fully saturated rings. The van der Waals surface area contributed by atoms with E-state index in [0.29, 0.717) is 32.0 Å². The van der Waals surface area contributed by atoms with Crippen molar-refractivity contribution in [3.05, 3.63) is 24.4 Å². The van der Waals surface area contributed by atoms with Gasteiger partial charge >= 0.3 is 0 Å². The van der Waals surface area contributed by atoms with Crippen molar-refractivity contribution in [1.82, 2.24) is 14.8 Å². The fourth-order valence-corrected chi connectivity index (χ4v) is 2.96. The van der Waals surface area contributed by atoms with Gasteiger partial charge in [0, 0.05) is 58.8 Å². The Bertz CT molecular complexity index is 554. The van der Waals surface area contributed by atoms with E-state index in [-0.39, 0.29) is 11.8 Å². The van der Waals surface area contributed by atoms with Crippen LogP contribution in [0.1, 0.15) is 33.6 Å². The third-order valence-electron chi connectivity index (χ3n) is 4.62. The van der Waals surface area contributed by atoms with E-state index in [1.54, 1.807) is 18.0 Å². The van der Waals surface area contributed by atoms with E-state index in [2.05, 4.69) is 23.7 Å². The predicted octanol–water partition coefficient (Wildman–Crippen LogP) is 2.01. The Morgan fingerprint density at radius 2 is 1.88 bits per heavy atom. The summed E-state index contributed by atoms with van der Waals surface area (Å²) in [6.45, 7) is 10.1. The topological polar surface area (TPSA) is 56.8 Å². The third kappa shape index (κ3) is 6.03. The summed E-state index contributed by atoms with van der Waals surface area (Å²) in [6, 6.07) is 5.88. The van der Waals surface area contributed by atoms with Crippen LogP contribution in [-0.4, -0.2) is 65.9 Å². The predicted molar refractivity (Wildman–Crippen MR) is 99.4 cm³/mol. The Kier molecular flexibility index (Phi) is 7.22. The Morgan fingerprint density at radius 3 is 2.44 bits per heavy atom. The highest BCUT2D eigenvalue weighted by molar-refractivity contribution is 5.78. The molecular formula is C19H30N4O2. The van der Waals surface area contributed by atoms with Gasteiger partial charge in [0.1, 0.15) is 5.82 Å². The lowest BCUT2D eigenvalue weighted by Crippen LogP contribution is -2.49. The van der Waals surface area contributed by atoms with Crippen molar-refractivity contribution >= 4 is 17.6 Å². The molecule has 0 aliphatic carbocycles. The molecule has 1 saturated heterocycles. The number of aromatic nitrogens is 1. The molecule has 2 heterocycles. The first-order valence-corrected chi connectivity index (χ1v) is 9.16. The van der Waals surface area contributed by atoms with E-state index in [4.69, 9.17) is 0 Å². The van der Waals surface area contributed by atoms with Gasteiger partial charge in [-0.3, -0.25) is 9.59 Å². The van der Waals surface area contributed by atoms with E-state index in [1.165, 1.54) is 0 Å². The Balaban J connectivity index is 1.77. The number of carbonyl (C=O) groups is 2. The maximum atomic E-state index is 12.5. The van der Waals surface area contributed by atoms with Crippen molar-refractivity contribution in [3.63, 3.8) is 0 Å². The summed E-state index contributed by atoms with van der Waals surface area (Å²) < 4.78 is 0. The lowest BCUT2D eigenvalue weighted by Gasteiger charge is -2.35. The fraction of sp³-hybridized carbons (Fsp3) is 0.632. The van der Waals surface area contributed by atoms with Gasteiger partial charge in [0.15, 0.2) is 0 Å². The summed E-state index contributed by atoms with van der Waals surface area (Å²) in [5.74, 6) is 1.70. The quantitative estimate of drug-likeness (QED) is 0.758. The van der Waals surface area contributed by atoms with Crippen molar-refractivity contribution < 1.29 is 9.59 Å². The molecule has 0 atom stereocenters. The summed E-state index contributed by atoms with van der Waals surface area (Å²) in [7, 11) is 0. The van der Waals surface area contributed by atoms with Crippen molar-refractivity contribution in [3.8, 4) is 0 Å². The molecule has 1 aromatic heterocycles. The Morgan fingerprint density at radius 1 is 1.16 bits per heavy atom. The molecule has 0 bridgehead atoms. The number of hydrogen-bond acceptors (Lipinski definition) is 4. The van der Waals surface area contributed by atoms with Gasteiger partial charge in [-0.05, 0) is 24.5 Å². The molecular weight excluding hydrogens is 316 g/mol. The van der Waals surface area contributed by atoms with Crippen LogP contribution in [-0.2, 0) is 9.59 Å². The average molecular weight is 346 g/mol. The van der Waals surface area contributed by atoms with Crippen LogP contribution in [0, 0.1) is 5.92 Å². The largest absolute Gasteiger partial charge is 0.353 e. The van der Waals surface area contributed by atoms with Crippen LogP contribution < -0.4 is 4.90 Å². The number of pyridine rings is 1. The normalized spacial score (nSPS) is 14.7. The maximum absolute atomic E-state index is 12.5. The summed E-state index contributed by atoms with van der Waals surface area (Å²) in [6.07, 6.45) is 3.16. The molecule has 0 saturated carbocycles. The molecule has 0 N–H and O–H groups in total. The van der Waals surface area contributed by atoms with Crippen LogP contribution in [0.15, 0.2) is 24.4 Å². The van der Waals surface area contributed by atoms with Crippen LogP contribution in [0.2, 0.25) is 0 Å². The minimum atomic E-state index is 0.0495. The molecule has 0 unspecified atom stereocenters. The van der Waals surface area contributed by atoms with Gasteiger partial charge < -0.3 is 14.7 Å². The molecule has 25 heavy (non-hydrogen) atoms. The zero-order valence-electron chi connectivity index (χ0n) is 15.6. The van der Waals surface area contributed by atoms with Crippen LogP contribution in [0.3, 0.4) is 0 Å². The molecule has 2 amide bonds. The molecule has 6 heteroatoms. The number of amides is 2. The number of nitrogens with zero attached hydrogens (tertiary/aromatic N) is 4. The van der Waals surface area contributed by atoms with Crippen LogP contribution in [0.5, 0.6) is 0 Å². The molecule has 1 aromatic rings. The van der Waals surface area contributed by atoms with E-state index < -0.39 is 0 Å². The second-order valence-electron chi connectivity index (χ2n) is 6.99. The SMILES string of the molecule is CC(=O)N(CCC(=O)N1CCN(c2ccccn2)CC1)CCC(C)C. The van der Waals surface area contributed by atoms with Gasteiger partial charge in [-0.2, -0.15) is 0 Å².